The van der Waals surface area contributed by atoms with Crippen molar-refractivity contribution in [1.29, 1.82) is 0 Å². The normalized spacial score (nSPS) is 20.0. The summed E-state index contributed by atoms with van der Waals surface area (Å²) in [5, 5.41) is 9.36. The van der Waals surface area contributed by atoms with Gasteiger partial charge in [0.15, 0.2) is 4.75 Å². The molecule has 2 heterocycles. The van der Waals surface area contributed by atoms with E-state index in [1.807, 2.05) is 0 Å². The second-order valence-electron chi connectivity index (χ2n) is 8.93. The van der Waals surface area contributed by atoms with Gasteiger partial charge in [0.05, 0.1) is 6.61 Å². The summed E-state index contributed by atoms with van der Waals surface area (Å²) in [4.78, 5) is 16.9. The van der Waals surface area contributed by atoms with Crippen molar-refractivity contribution >= 4 is 21.6 Å². The number of nitrogens with one attached hydrogen (secondary N) is 1. The molecular weight excluding hydrogens is 444 g/mol. The first-order valence-electron chi connectivity index (χ1n) is 11.9. The summed E-state index contributed by atoms with van der Waals surface area (Å²) in [6.45, 7) is 6.08. The van der Waals surface area contributed by atoms with Crippen LogP contribution in [-0.2, 0) is 26.0 Å². The van der Waals surface area contributed by atoms with Crippen LogP contribution >= 0.6 is 0 Å². The lowest BCUT2D eigenvalue weighted by Crippen LogP contribution is -2.63. The molecule has 2 aliphatic heterocycles. The Morgan fingerprint density at radius 3 is 2.27 bits per heavy atom. The summed E-state index contributed by atoms with van der Waals surface area (Å²) in [7, 11) is -2.32. The van der Waals surface area contributed by atoms with Crippen LogP contribution in [0.25, 0.3) is 0 Å². The van der Waals surface area contributed by atoms with E-state index >= 15 is 0 Å². The van der Waals surface area contributed by atoms with Gasteiger partial charge in [0, 0.05) is 58.6 Å². The van der Waals surface area contributed by atoms with Crippen LogP contribution in [0.2, 0.25) is 0 Å². The number of ether oxygens (including phenoxy) is 1. The van der Waals surface area contributed by atoms with Crippen molar-refractivity contribution in [2.45, 2.75) is 43.8 Å². The molecule has 3 rings (SSSR count). The third-order valence-corrected chi connectivity index (χ3v) is 9.61. The molecule has 2 fully saturated rings. The van der Waals surface area contributed by atoms with Crippen molar-refractivity contribution in [3.05, 3.63) is 29.8 Å². The fourth-order valence-corrected chi connectivity index (χ4v) is 6.87. The van der Waals surface area contributed by atoms with Crippen LogP contribution in [0.4, 0.5) is 5.69 Å². The van der Waals surface area contributed by atoms with Gasteiger partial charge in [0.2, 0.25) is 10.0 Å². The number of nitrogens with zero attached hydrogens (tertiary/aromatic N) is 3. The molecule has 9 nitrogen and oxygen atoms in total. The highest BCUT2D eigenvalue weighted by Gasteiger charge is 2.55. The van der Waals surface area contributed by atoms with E-state index in [0.29, 0.717) is 52.4 Å². The molecule has 1 aromatic carbocycles. The van der Waals surface area contributed by atoms with Crippen LogP contribution in [0.1, 0.15) is 38.2 Å². The zero-order chi connectivity index (χ0) is 23.9. The zero-order valence-electron chi connectivity index (χ0n) is 19.8. The summed E-state index contributed by atoms with van der Waals surface area (Å²) >= 11 is 0. The lowest BCUT2D eigenvalue weighted by Gasteiger charge is -2.44. The number of carbonyl (C=O) groups is 1. The molecule has 0 aromatic heterocycles. The molecule has 1 aromatic rings. The third kappa shape index (κ3) is 5.68. The monoisotopic (exact) mass is 482 g/mol. The first-order chi connectivity index (χ1) is 15.9. The molecule has 33 heavy (non-hydrogen) atoms. The van der Waals surface area contributed by atoms with Crippen LogP contribution in [0.3, 0.4) is 0 Å². The Labute approximate surface area is 197 Å². The lowest BCUT2D eigenvalue weighted by atomic mass is 9.95. The molecule has 1 amide bonds. The Morgan fingerprint density at radius 2 is 1.73 bits per heavy atom. The summed E-state index contributed by atoms with van der Waals surface area (Å²) in [5.74, 6) is -0.834. The second kappa shape index (κ2) is 11.6. The number of sulfonamides is 1. The summed E-state index contributed by atoms with van der Waals surface area (Å²) in [6.07, 6.45) is 3.69. The number of carbonyl (C=O) groups excluding carboxylic acids is 1. The number of rotatable bonds is 10. The number of likely N-dealkylation sites (tertiary alicyclic amines) is 1. The van der Waals surface area contributed by atoms with Crippen molar-refractivity contribution in [3.63, 3.8) is 0 Å². The first-order valence-corrected chi connectivity index (χ1v) is 13.3. The predicted molar refractivity (Wildman–Crippen MR) is 128 cm³/mol. The van der Waals surface area contributed by atoms with E-state index in [1.165, 1.54) is 22.7 Å². The number of amides is 1. The molecule has 2 aliphatic rings. The SMILES string of the molecule is CCCCc1ccc(N2CCN(S(=O)(=O)C3(C(=O)NO)CCN(CCOC)CC3)CC2)cc1. The number of piperidine rings is 1. The van der Waals surface area contributed by atoms with Crippen molar-refractivity contribution in [3.8, 4) is 0 Å². The minimum Gasteiger partial charge on any atom is -0.383 e. The van der Waals surface area contributed by atoms with E-state index in [4.69, 9.17) is 4.74 Å². The quantitative estimate of drug-likeness (QED) is 0.385. The van der Waals surface area contributed by atoms with Gasteiger partial charge >= 0.3 is 0 Å². The lowest BCUT2D eigenvalue weighted by molar-refractivity contribution is -0.133. The molecule has 186 valence electrons. The van der Waals surface area contributed by atoms with Gasteiger partial charge in [-0.1, -0.05) is 25.5 Å². The summed E-state index contributed by atoms with van der Waals surface area (Å²) < 4.78 is 32.2. The van der Waals surface area contributed by atoms with Crippen molar-refractivity contribution in [2.75, 3.05) is 64.4 Å². The van der Waals surface area contributed by atoms with E-state index < -0.39 is 20.7 Å². The van der Waals surface area contributed by atoms with Gasteiger partial charge in [-0.3, -0.25) is 10.0 Å². The first kappa shape index (κ1) is 25.9. The highest BCUT2D eigenvalue weighted by atomic mass is 32.2. The highest BCUT2D eigenvalue weighted by Crippen LogP contribution is 2.34. The number of unbranched alkanes of at least 4 members (excludes halogenated alkanes) is 1. The Hall–Kier alpha value is -1.72. The molecule has 0 unspecified atom stereocenters. The number of hydroxylamine groups is 1. The standard InChI is InChI=1S/C23H38N4O5S/c1-3-4-5-20-6-8-21(9-7-20)26-14-16-27(17-15-26)33(30,31)23(22(28)24-29)10-12-25(13-11-23)18-19-32-2/h6-9,29H,3-5,10-19H2,1-2H3,(H,24,28). The van der Waals surface area contributed by atoms with Gasteiger partial charge in [-0.25, -0.2) is 13.9 Å². The van der Waals surface area contributed by atoms with Gasteiger partial charge in [0.1, 0.15) is 0 Å². The number of piperazine rings is 1. The van der Waals surface area contributed by atoms with Gasteiger partial charge in [-0.15, -0.1) is 0 Å². The van der Waals surface area contributed by atoms with Gasteiger partial charge in [0.25, 0.3) is 5.91 Å². The van der Waals surface area contributed by atoms with Crippen molar-refractivity contribution in [1.82, 2.24) is 14.7 Å². The van der Waals surface area contributed by atoms with Gasteiger partial charge < -0.3 is 14.5 Å². The Kier molecular flexibility index (Phi) is 9.11. The fraction of sp³-hybridized carbons (Fsp3) is 0.696. The molecule has 2 N–H and O–H groups in total. The fourth-order valence-electron chi connectivity index (χ4n) is 4.75. The minimum atomic E-state index is -3.95. The Morgan fingerprint density at radius 1 is 1.09 bits per heavy atom. The molecule has 0 aliphatic carbocycles. The maximum absolute atomic E-state index is 13.7. The number of aryl methyl sites for hydroxylation is 1. The van der Waals surface area contributed by atoms with Crippen LogP contribution in [-0.4, -0.2) is 93.0 Å². The maximum Gasteiger partial charge on any atom is 0.266 e. The van der Waals surface area contributed by atoms with E-state index in [2.05, 4.69) is 41.0 Å². The van der Waals surface area contributed by atoms with E-state index in [-0.39, 0.29) is 12.8 Å². The van der Waals surface area contributed by atoms with Crippen molar-refractivity contribution in [2.24, 2.45) is 0 Å². The molecule has 0 bridgehead atoms. The Balaban J connectivity index is 1.66. The summed E-state index contributed by atoms with van der Waals surface area (Å²) in [6, 6.07) is 8.50. The third-order valence-electron chi connectivity index (χ3n) is 6.98. The highest BCUT2D eigenvalue weighted by molar-refractivity contribution is 7.91. The summed E-state index contributed by atoms with van der Waals surface area (Å²) in [5.41, 5.74) is 4.03. The van der Waals surface area contributed by atoms with Crippen LogP contribution in [0.15, 0.2) is 24.3 Å². The maximum atomic E-state index is 13.7. The molecule has 2 saturated heterocycles. The minimum absolute atomic E-state index is 0.144. The average Bonchev–Trinajstić information content (AvgIpc) is 2.86. The second-order valence-corrected chi connectivity index (χ2v) is 11.2. The van der Waals surface area contributed by atoms with Crippen molar-refractivity contribution < 1.29 is 23.2 Å². The van der Waals surface area contributed by atoms with Crippen LogP contribution in [0.5, 0.6) is 0 Å². The molecule has 0 radical (unpaired) electrons. The number of methoxy groups -OCH3 is 1. The largest absolute Gasteiger partial charge is 0.383 e. The van der Waals surface area contributed by atoms with Crippen LogP contribution < -0.4 is 10.4 Å². The predicted octanol–water partition coefficient (Wildman–Crippen LogP) is 1.47. The van der Waals surface area contributed by atoms with Gasteiger partial charge in [-0.05, 0) is 43.4 Å². The molecular formula is C23H38N4O5S. The average molecular weight is 483 g/mol. The van der Waals surface area contributed by atoms with E-state index in [0.717, 1.165) is 12.1 Å². The molecule has 10 heteroatoms. The number of hydrogen-bond donors (Lipinski definition) is 2. The number of benzene rings is 1. The number of anilines is 1. The van der Waals surface area contributed by atoms with Gasteiger partial charge in [-0.2, -0.15) is 4.31 Å². The zero-order valence-corrected chi connectivity index (χ0v) is 20.6. The number of hydrogen-bond acceptors (Lipinski definition) is 7. The molecule has 0 atom stereocenters. The van der Waals surface area contributed by atoms with E-state index in [1.54, 1.807) is 12.6 Å². The molecule has 0 saturated carbocycles. The van der Waals surface area contributed by atoms with E-state index in [9.17, 15) is 18.4 Å². The topological polar surface area (TPSA) is 102 Å². The smallest absolute Gasteiger partial charge is 0.266 e. The molecule has 0 spiro atoms. The van der Waals surface area contributed by atoms with Crippen LogP contribution in [0, 0.1) is 0 Å². The Bertz CT molecular complexity index is 861.